The lowest BCUT2D eigenvalue weighted by Crippen LogP contribution is -2.31. The number of hydrogen-bond donors (Lipinski definition) is 2. The quantitative estimate of drug-likeness (QED) is 0.814. The van der Waals surface area contributed by atoms with E-state index in [0.717, 1.165) is 23.2 Å². The van der Waals surface area contributed by atoms with E-state index in [0.29, 0.717) is 30.3 Å². The number of benzene rings is 2. The molecule has 3 rings (SSSR count). The molecule has 26 heavy (non-hydrogen) atoms. The van der Waals surface area contributed by atoms with Gasteiger partial charge in [-0.1, -0.05) is 41.9 Å². The normalized spacial score (nSPS) is 20.3. The maximum absolute atomic E-state index is 11.1. The van der Waals surface area contributed by atoms with Gasteiger partial charge in [-0.05, 0) is 42.2 Å². The van der Waals surface area contributed by atoms with E-state index >= 15 is 0 Å². The third-order valence-corrected chi connectivity index (χ3v) is 5.04. The Morgan fingerprint density at radius 3 is 2.81 bits per heavy atom. The number of nitrogens with two attached hydrogens (primary N) is 1. The van der Waals surface area contributed by atoms with E-state index < -0.39 is 11.5 Å². The molecule has 1 heterocycles. The van der Waals surface area contributed by atoms with Crippen molar-refractivity contribution in [3.8, 4) is 5.75 Å². The Hall–Kier alpha value is -2.08. The van der Waals surface area contributed by atoms with Crippen LogP contribution in [0.1, 0.15) is 23.1 Å². The van der Waals surface area contributed by atoms with Gasteiger partial charge in [0.15, 0.2) is 6.61 Å². The number of aliphatic hydroxyl groups is 1. The van der Waals surface area contributed by atoms with Gasteiger partial charge in [0.2, 0.25) is 0 Å². The summed E-state index contributed by atoms with van der Waals surface area (Å²) in [5.41, 5.74) is 7.38. The molecule has 1 fully saturated rings. The summed E-state index contributed by atoms with van der Waals surface area (Å²) in [6.45, 7) is 3.90. The number of aryl methyl sites for hydroxylation is 1. The molecule has 0 unspecified atom stereocenters. The summed E-state index contributed by atoms with van der Waals surface area (Å²) in [5.74, 6) is -0.107. The number of nitrogens with zero attached hydrogens (tertiary/aromatic N) is 1. The van der Waals surface area contributed by atoms with Crippen molar-refractivity contribution in [3.05, 3.63) is 64.2 Å². The van der Waals surface area contributed by atoms with Crippen molar-refractivity contribution in [2.45, 2.75) is 25.5 Å². The fourth-order valence-electron chi connectivity index (χ4n) is 3.49. The van der Waals surface area contributed by atoms with Crippen LogP contribution in [0.3, 0.4) is 0 Å². The lowest BCUT2D eigenvalue weighted by atomic mass is 9.89. The number of β-amino-alcohol motifs (C(OH)–C–C–N with tert-alkyl or cyclic N) is 1. The minimum absolute atomic E-state index is 0.200. The van der Waals surface area contributed by atoms with E-state index in [1.165, 1.54) is 0 Å². The van der Waals surface area contributed by atoms with Crippen molar-refractivity contribution in [2.24, 2.45) is 5.73 Å². The average Bonchev–Trinajstić information content (AvgIpc) is 2.96. The van der Waals surface area contributed by atoms with Crippen LogP contribution in [0.15, 0.2) is 42.5 Å². The van der Waals surface area contributed by atoms with E-state index in [4.69, 9.17) is 22.1 Å². The highest BCUT2D eigenvalue weighted by atomic mass is 35.5. The number of hydrogen-bond acceptors (Lipinski definition) is 4. The Balaban J connectivity index is 1.66. The molecule has 1 aliphatic rings. The molecule has 1 atom stereocenters. The summed E-state index contributed by atoms with van der Waals surface area (Å²) in [5, 5.41) is 11.5. The zero-order valence-electron chi connectivity index (χ0n) is 14.7. The van der Waals surface area contributed by atoms with Gasteiger partial charge < -0.3 is 15.6 Å². The summed E-state index contributed by atoms with van der Waals surface area (Å²) in [7, 11) is 0. The molecule has 0 saturated carbocycles. The van der Waals surface area contributed by atoms with Crippen LogP contribution in [0.4, 0.5) is 0 Å². The highest BCUT2D eigenvalue weighted by molar-refractivity contribution is 6.32. The van der Waals surface area contributed by atoms with Gasteiger partial charge in [0.25, 0.3) is 5.91 Å². The van der Waals surface area contributed by atoms with Crippen molar-refractivity contribution < 1.29 is 14.6 Å². The summed E-state index contributed by atoms with van der Waals surface area (Å²) in [4.78, 5) is 13.0. The highest BCUT2D eigenvalue weighted by Gasteiger charge is 2.38. The number of amides is 1. The van der Waals surface area contributed by atoms with Crippen molar-refractivity contribution in [2.75, 3.05) is 19.7 Å². The summed E-state index contributed by atoms with van der Waals surface area (Å²) in [6.07, 6.45) is 0.700. The van der Waals surface area contributed by atoms with Gasteiger partial charge >= 0.3 is 0 Å². The number of rotatable bonds is 6. The standard InChI is InChI=1S/C20H23ClN2O3/c1-14-4-2-3-5-16(14)20(25)8-9-23(13-20)11-15-6-7-18(17(21)10-15)26-12-19(22)24/h2-7,10,25H,8-9,11-13H2,1H3,(H2,22,24)/t20-/m0/s1. The predicted molar refractivity (Wildman–Crippen MR) is 101 cm³/mol. The van der Waals surface area contributed by atoms with E-state index in [1.807, 2.05) is 43.3 Å². The Kier molecular flexibility index (Phi) is 5.51. The first-order chi connectivity index (χ1) is 12.4. The SMILES string of the molecule is Cc1ccccc1[C@]1(O)CCN(Cc2ccc(OCC(N)=O)c(Cl)c2)C1. The minimum Gasteiger partial charge on any atom is -0.482 e. The van der Waals surface area contributed by atoms with E-state index in [9.17, 15) is 9.90 Å². The molecule has 3 N–H and O–H groups in total. The van der Waals surface area contributed by atoms with E-state index in [1.54, 1.807) is 6.07 Å². The first-order valence-corrected chi connectivity index (χ1v) is 8.95. The van der Waals surface area contributed by atoms with Crippen LogP contribution in [-0.2, 0) is 16.9 Å². The van der Waals surface area contributed by atoms with E-state index in [-0.39, 0.29) is 6.61 Å². The second-order valence-electron chi connectivity index (χ2n) is 6.83. The first kappa shape index (κ1) is 18.7. The Morgan fingerprint density at radius 2 is 2.12 bits per heavy atom. The van der Waals surface area contributed by atoms with Crippen LogP contribution in [0, 0.1) is 6.92 Å². The molecule has 1 aliphatic heterocycles. The van der Waals surface area contributed by atoms with Gasteiger partial charge in [0, 0.05) is 19.6 Å². The van der Waals surface area contributed by atoms with Crippen molar-refractivity contribution in [1.82, 2.24) is 4.90 Å². The molecular weight excluding hydrogens is 352 g/mol. The number of primary amides is 1. The summed E-state index contributed by atoms with van der Waals surface area (Å²) in [6, 6.07) is 13.5. The fraction of sp³-hybridized carbons (Fsp3) is 0.350. The fourth-order valence-corrected chi connectivity index (χ4v) is 3.75. The Morgan fingerprint density at radius 1 is 1.35 bits per heavy atom. The zero-order valence-corrected chi connectivity index (χ0v) is 15.5. The predicted octanol–water partition coefficient (Wildman–Crippen LogP) is 2.61. The lowest BCUT2D eigenvalue weighted by molar-refractivity contribution is -0.119. The maximum Gasteiger partial charge on any atom is 0.255 e. The largest absolute Gasteiger partial charge is 0.482 e. The lowest BCUT2D eigenvalue weighted by Gasteiger charge is -2.26. The zero-order chi connectivity index (χ0) is 18.7. The molecule has 1 amide bonds. The molecule has 0 radical (unpaired) electrons. The van der Waals surface area contributed by atoms with Crippen LogP contribution in [-0.4, -0.2) is 35.6 Å². The molecule has 138 valence electrons. The van der Waals surface area contributed by atoms with Crippen molar-refractivity contribution in [3.63, 3.8) is 0 Å². The molecule has 5 nitrogen and oxygen atoms in total. The average molecular weight is 375 g/mol. The number of carbonyl (C=O) groups is 1. The summed E-state index contributed by atoms with van der Waals surface area (Å²) < 4.78 is 5.27. The van der Waals surface area contributed by atoms with Crippen LogP contribution in [0.25, 0.3) is 0 Å². The highest BCUT2D eigenvalue weighted by Crippen LogP contribution is 2.35. The Labute approximate surface area is 158 Å². The van der Waals surface area contributed by atoms with Gasteiger partial charge in [-0.3, -0.25) is 9.69 Å². The number of ether oxygens (including phenoxy) is 1. The van der Waals surface area contributed by atoms with Gasteiger partial charge in [0.1, 0.15) is 11.4 Å². The molecule has 1 saturated heterocycles. The maximum atomic E-state index is 11.1. The van der Waals surface area contributed by atoms with Crippen LogP contribution in [0.5, 0.6) is 5.75 Å². The van der Waals surface area contributed by atoms with Crippen LogP contribution >= 0.6 is 11.6 Å². The van der Waals surface area contributed by atoms with Gasteiger partial charge in [-0.25, -0.2) is 0 Å². The molecule has 0 bridgehead atoms. The topological polar surface area (TPSA) is 75.8 Å². The third kappa shape index (κ3) is 4.18. The smallest absolute Gasteiger partial charge is 0.255 e. The second kappa shape index (κ2) is 7.66. The molecular formula is C20H23ClN2O3. The Bertz CT molecular complexity index is 811. The second-order valence-corrected chi connectivity index (χ2v) is 7.23. The van der Waals surface area contributed by atoms with E-state index in [2.05, 4.69) is 4.90 Å². The van der Waals surface area contributed by atoms with Crippen LogP contribution in [0.2, 0.25) is 5.02 Å². The van der Waals surface area contributed by atoms with Gasteiger partial charge in [-0.15, -0.1) is 0 Å². The van der Waals surface area contributed by atoms with Gasteiger partial charge in [0.05, 0.1) is 5.02 Å². The monoisotopic (exact) mass is 374 g/mol. The van der Waals surface area contributed by atoms with Crippen molar-refractivity contribution >= 4 is 17.5 Å². The molecule has 2 aromatic rings. The minimum atomic E-state index is -0.820. The molecule has 0 spiro atoms. The summed E-state index contributed by atoms with van der Waals surface area (Å²) >= 11 is 6.23. The molecule has 6 heteroatoms. The van der Waals surface area contributed by atoms with Gasteiger partial charge in [-0.2, -0.15) is 0 Å². The first-order valence-electron chi connectivity index (χ1n) is 8.58. The third-order valence-electron chi connectivity index (χ3n) is 4.75. The number of halogens is 1. The molecule has 0 aliphatic carbocycles. The molecule has 2 aromatic carbocycles. The number of likely N-dealkylation sites (tertiary alicyclic amines) is 1. The molecule has 0 aromatic heterocycles. The van der Waals surface area contributed by atoms with Crippen LogP contribution < -0.4 is 10.5 Å². The van der Waals surface area contributed by atoms with Crippen molar-refractivity contribution in [1.29, 1.82) is 0 Å². The number of carbonyl (C=O) groups excluding carboxylic acids is 1.